The number of hydrogen-bond acceptors (Lipinski definition) is 2. The highest BCUT2D eigenvalue weighted by molar-refractivity contribution is 5.53. The average molecular weight is 176 g/mol. The predicted octanol–water partition coefficient (Wildman–Crippen LogP) is 1.78. The zero-order chi connectivity index (χ0) is 9.42. The second-order valence-electron chi connectivity index (χ2n) is 3.85. The lowest BCUT2D eigenvalue weighted by Gasteiger charge is -2.05. The number of nitrogens with zero attached hydrogens (tertiary/aromatic N) is 1. The Morgan fingerprint density at radius 1 is 1.31 bits per heavy atom. The van der Waals surface area contributed by atoms with Gasteiger partial charge in [0.25, 0.3) is 0 Å². The van der Waals surface area contributed by atoms with Crippen molar-refractivity contribution in [2.75, 3.05) is 12.8 Å². The Hall–Kier alpha value is -1.02. The second-order valence-corrected chi connectivity index (χ2v) is 3.85. The highest BCUT2D eigenvalue weighted by Crippen LogP contribution is 2.26. The molecule has 13 heavy (non-hydrogen) atoms. The van der Waals surface area contributed by atoms with Crippen LogP contribution in [-0.4, -0.2) is 11.9 Å². The SMILES string of the molecule is CCc1cc2c(cc1N)CN(C)C2. The summed E-state index contributed by atoms with van der Waals surface area (Å²) in [6.07, 6.45) is 1.03. The Balaban J connectivity index is 2.44. The molecule has 0 atom stereocenters. The van der Waals surface area contributed by atoms with Crippen LogP contribution in [0.4, 0.5) is 5.69 Å². The fourth-order valence-corrected chi connectivity index (χ4v) is 2.00. The second kappa shape index (κ2) is 3.04. The molecule has 0 spiro atoms. The molecule has 1 aromatic rings. The average Bonchev–Trinajstić information content (AvgIpc) is 2.42. The van der Waals surface area contributed by atoms with Crippen LogP contribution in [0, 0.1) is 0 Å². The number of rotatable bonds is 1. The van der Waals surface area contributed by atoms with E-state index in [9.17, 15) is 0 Å². The number of nitrogens with two attached hydrogens (primary N) is 1. The number of fused-ring (bicyclic) bond motifs is 1. The summed E-state index contributed by atoms with van der Waals surface area (Å²) in [4.78, 5) is 2.31. The van der Waals surface area contributed by atoms with Gasteiger partial charge in [0.1, 0.15) is 0 Å². The fraction of sp³-hybridized carbons (Fsp3) is 0.455. The Morgan fingerprint density at radius 3 is 2.54 bits per heavy atom. The van der Waals surface area contributed by atoms with E-state index >= 15 is 0 Å². The van der Waals surface area contributed by atoms with Crippen molar-refractivity contribution in [3.8, 4) is 0 Å². The highest BCUT2D eigenvalue weighted by Gasteiger charge is 2.16. The molecule has 2 N–H and O–H groups in total. The van der Waals surface area contributed by atoms with Crippen molar-refractivity contribution in [2.45, 2.75) is 26.4 Å². The quantitative estimate of drug-likeness (QED) is 0.661. The molecule has 0 radical (unpaired) electrons. The van der Waals surface area contributed by atoms with E-state index < -0.39 is 0 Å². The van der Waals surface area contributed by atoms with Crippen LogP contribution in [0.5, 0.6) is 0 Å². The van der Waals surface area contributed by atoms with Crippen LogP contribution in [-0.2, 0) is 19.5 Å². The van der Waals surface area contributed by atoms with E-state index in [1.165, 1.54) is 16.7 Å². The van der Waals surface area contributed by atoms with Gasteiger partial charge in [-0.3, -0.25) is 4.90 Å². The highest BCUT2D eigenvalue weighted by atomic mass is 15.1. The molecule has 0 aliphatic carbocycles. The monoisotopic (exact) mass is 176 g/mol. The summed E-state index contributed by atoms with van der Waals surface area (Å²) < 4.78 is 0. The maximum atomic E-state index is 5.93. The summed E-state index contributed by atoms with van der Waals surface area (Å²) in [7, 11) is 2.14. The van der Waals surface area contributed by atoms with E-state index in [2.05, 4.69) is 31.0 Å². The molecule has 1 aliphatic rings. The minimum Gasteiger partial charge on any atom is -0.398 e. The fourth-order valence-electron chi connectivity index (χ4n) is 2.00. The molecular weight excluding hydrogens is 160 g/mol. The Morgan fingerprint density at radius 2 is 1.92 bits per heavy atom. The van der Waals surface area contributed by atoms with Crippen LogP contribution in [0.25, 0.3) is 0 Å². The summed E-state index contributed by atoms with van der Waals surface area (Å²) in [6.45, 7) is 4.27. The summed E-state index contributed by atoms with van der Waals surface area (Å²) >= 11 is 0. The molecule has 2 heteroatoms. The molecule has 2 nitrogen and oxygen atoms in total. The summed E-state index contributed by atoms with van der Waals surface area (Å²) in [5.74, 6) is 0. The van der Waals surface area contributed by atoms with Crippen molar-refractivity contribution in [2.24, 2.45) is 0 Å². The molecule has 1 heterocycles. The third-order valence-electron chi connectivity index (χ3n) is 2.72. The summed E-state index contributed by atoms with van der Waals surface area (Å²) in [6, 6.07) is 4.39. The molecule has 0 bridgehead atoms. The molecule has 70 valence electrons. The van der Waals surface area contributed by atoms with Crippen molar-refractivity contribution < 1.29 is 0 Å². The first-order valence-corrected chi connectivity index (χ1v) is 4.79. The van der Waals surface area contributed by atoms with Crippen molar-refractivity contribution in [3.63, 3.8) is 0 Å². The minimum absolute atomic E-state index is 0.955. The predicted molar refractivity (Wildman–Crippen MR) is 55.4 cm³/mol. The smallest absolute Gasteiger partial charge is 0.0349 e. The molecule has 0 unspecified atom stereocenters. The zero-order valence-electron chi connectivity index (χ0n) is 8.30. The maximum absolute atomic E-state index is 5.93. The Kier molecular flexibility index (Phi) is 2.00. The van der Waals surface area contributed by atoms with E-state index in [0.29, 0.717) is 0 Å². The zero-order valence-corrected chi connectivity index (χ0v) is 8.30. The standard InChI is InChI=1S/C11H16N2/c1-3-8-4-9-6-13(2)7-10(9)5-11(8)12/h4-5H,3,6-7,12H2,1-2H3. The normalized spacial score (nSPS) is 16.2. The first-order chi connectivity index (χ1) is 6.20. The van der Waals surface area contributed by atoms with Crippen molar-refractivity contribution in [1.82, 2.24) is 4.90 Å². The minimum atomic E-state index is 0.955. The number of aryl methyl sites for hydroxylation is 1. The van der Waals surface area contributed by atoms with Crippen LogP contribution in [0.3, 0.4) is 0 Å². The van der Waals surface area contributed by atoms with Gasteiger partial charge in [-0.1, -0.05) is 13.0 Å². The third-order valence-corrected chi connectivity index (χ3v) is 2.72. The van der Waals surface area contributed by atoms with Crippen LogP contribution in [0.15, 0.2) is 12.1 Å². The first kappa shape index (κ1) is 8.57. The van der Waals surface area contributed by atoms with E-state index in [1.54, 1.807) is 0 Å². The molecule has 0 amide bonds. The molecule has 1 aromatic carbocycles. The van der Waals surface area contributed by atoms with E-state index in [0.717, 1.165) is 25.2 Å². The molecule has 2 rings (SSSR count). The molecule has 0 aromatic heterocycles. The van der Waals surface area contributed by atoms with Gasteiger partial charge in [0.2, 0.25) is 0 Å². The van der Waals surface area contributed by atoms with Gasteiger partial charge in [-0.2, -0.15) is 0 Å². The molecule has 0 fully saturated rings. The van der Waals surface area contributed by atoms with Crippen molar-refractivity contribution in [3.05, 3.63) is 28.8 Å². The molecular formula is C11H16N2. The van der Waals surface area contributed by atoms with Gasteiger partial charge >= 0.3 is 0 Å². The number of anilines is 1. The molecule has 1 aliphatic heterocycles. The lowest BCUT2D eigenvalue weighted by Crippen LogP contribution is -2.07. The molecule has 0 saturated carbocycles. The number of hydrogen-bond donors (Lipinski definition) is 1. The topological polar surface area (TPSA) is 29.3 Å². The van der Waals surface area contributed by atoms with Gasteiger partial charge in [-0.15, -0.1) is 0 Å². The van der Waals surface area contributed by atoms with Gasteiger partial charge in [0, 0.05) is 18.8 Å². The van der Waals surface area contributed by atoms with E-state index in [1.807, 2.05) is 0 Å². The van der Waals surface area contributed by atoms with Crippen LogP contribution >= 0.6 is 0 Å². The maximum Gasteiger partial charge on any atom is 0.0349 e. The number of benzene rings is 1. The largest absolute Gasteiger partial charge is 0.398 e. The lowest BCUT2D eigenvalue weighted by molar-refractivity contribution is 0.353. The van der Waals surface area contributed by atoms with Crippen LogP contribution < -0.4 is 5.73 Å². The van der Waals surface area contributed by atoms with Crippen LogP contribution in [0.1, 0.15) is 23.6 Å². The van der Waals surface area contributed by atoms with Gasteiger partial charge in [-0.25, -0.2) is 0 Å². The van der Waals surface area contributed by atoms with Crippen LogP contribution in [0.2, 0.25) is 0 Å². The van der Waals surface area contributed by atoms with Gasteiger partial charge in [-0.05, 0) is 36.2 Å². The molecule has 0 saturated heterocycles. The first-order valence-electron chi connectivity index (χ1n) is 4.79. The van der Waals surface area contributed by atoms with E-state index in [-0.39, 0.29) is 0 Å². The van der Waals surface area contributed by atoms with Gasteiger partial charge in [0.15, 0.2) is 0 Å². The van der Waals surface area contributed by atoms with Crippen molar-refractivity contribution in [1.29, 1.82) is 0 Å². The van der Waals surface area contributed by atoms with Gasteiger partial charge in [0.05, 0.1) is 0 Å². The third kappa shape index (κ3) is 1.42. The number of nitrogen functional groups attached to an aromatic ring is 1. The Labute approximate surface area is 79.4 Å². The Bertz CT molecular complexity index is 331. The van der Waals surface area contributed by atoms with Gasteiger partial charge < -0.3 is 5.73 Å². The van der Waals surface area contributed by atoms with Crippen molar-refractivity contribution >= 4 is 5.69 Å². The lowest BCUT2D eigenvalue weighted by atomic mass is 10.0. The van der Waals surface area contributed by atoms with E-state index in [4.69, 9.17) is 5.73 Å². The summed E-state index contributed by atoms with van der Waals surface area (Å²) in [5.41, 5.74) is 11.0. The summed E-state index contributed by atoms with van der Waals surface area (Å²) in [5, 5.41) is 0.